The highest BCUT2D eigenvalue weighted by Crippen LogP contribution is 2.26. The Bertz CT molecular complexity index is 855. The number of fused-ring (bicyclic) bond motifs is 1. The van der Waals surface area contributed by atoms with E-state index in [9.17, 15) is 8.42 Å². The van der Waals surface area contributed by atoms with E-state index in [2.05, 4.69) is 20.9 Å². The largest absolute Gasteiger partial charge is 0.398 e. The Morgan fingerprint density at radius 2 is 2.20 bits per heavy atom. The molecule has 0 radical (unpaired) electrons. The van der Waals surface area contributed by atoms with Crippen LogP contribution in [0.3, 0.4) is 0 Å². The van der Waals surface area contributed by atoms with E-state index >= 15 is 0 Å². The predicted molar refractivity (Wildman–Crippen MR) is 82.5 cm³/mol. The van der Waals surface area contributed by atoms with E-state index in [0.29, 0.717) is 5.69 Å². The smallest absolute Gasteiger partial charge is 0.193 e. The minimum absolute atomic E-state index is 0.136. The standard InChI is InChI=1S/C12H10BrN3O2S2/c13-8-1-2-11(10(14)5-8)20(17,18)7-9-6-16-3-4-19-12(16)15-9/h1-6H,7,14H2. The molecule has 0 aliphatic carbocycles. The molecule has 0 aliphatic rings. The third-order valence-electron chi connectivity index (χ3n) is 2.79. The second kappa shape index (κ2) is 4.87. The van der Waals surface area contributed by atoms with Gasteiger partial charge in [0.15, 0.2) is 14.8 Å². The molecule has 0 spiro atoms. The number of anilines is 1. The maximum Gasteiger partial charge on any atom is 0.193 e. The van der Waals surface area contributed by atoms with Crippen molar-refractivity contribution in [2.24, 2.45) is 0 Å². The zero-order chi connectivity index (χ0) is 14.3. The zero-order valence-corrected chi connectivity index (χ0v) is 13.4. The van der Waals surface area contributed by atoms with Crippen molar-refractivity contribution in [2.45, 2.75) is 10.6 Å². The first-order valence-electron chi connectivity index (χ1n) is 5.64. The lowest BCUT2D eigenvalue weighted by Crippen LogP contribution is -2.08. The first kappa shape index (κ1) is 13.6. The van der Waals surface area contributed by atoms with E-state index in [-0.39, 0.29) is 16.3 Å². The van der Waals surface area contributed by atoms with Crippen LogP contribution in [0.2, 0.25) is 0 Å². The lowest BCUT2D eigenvalue weighted by molar-refractivity contribution is 0.595. The summed E-state index contributed by atoms with van der Waals surface area (Å²) in [4.78, 5) is 5.20. The van der Waals surface area contributed by atoms with Gasteiger partial charge in [-0.15, -0.1) is 11.3 Å². The van der Waals surface area contributed by atoms with Crippen molar-refractivity contribution >= 4 is 47.8 Å². The molecule has 0 atom stereocenters. The van der Waals surface area contributed by atoms with E-state index in [1.54, 1.807) is 22.7 Å². The molecule has 0 saturated heterocycles. The Kier molecular flexibility index (Phi) is 3.31. The van der Waals surface area contributed by atoms with Crippen LogP contribution in [0.15, 0.2) is 45.3 Å². The van der Waals surface area contributed by atoms with Gasteiger partial charge in [-0.1, -0.05) is 15.9 Å². The summed E-state index contributed by atoms with van der Waals surface area (Å²) in [5.41, 5.74) is 6.53. The summed E-state index contributed by atoms with van der Waals surface area (Å²) >= 11 is 4.72. The Labute approximate surface area is 128 Å². The molecule has 0 aliphatic heterocycles. The molecule has 0 amide bonds. The fourth-order valence-electron chi connectivity index (χ4n) is 1.92. The topological polar surface area (TPSA) is 77.5 Å². The molecule has 2 heterocycles. The maximum absolute atomic E-state index is 12.4. The van der Waals surface area contributed by atoms with E-state index in [1.165, 1.54) is 17.4 Å². The van der Waals surface area contributed by atoms with Crippen molar-refractivity contribution in [2.75, 3.05) is 5.73 Å². The third kappa shape index (κ3) is 2.46. The van der Waals surface area contributed by atoms with Crippen LogP contribution < -0.4 is 5.73 Å². The Morgan fingerprint density at radius 1 is 1.40 bits per heavy atom. The fraction of sp³-hybridized carbons (Fsp3) is 0.0833. The fourth-order valence-corrected chi connectivity index (χ4v) is 4.40. The van der Waals surface area contributed by atoms with Gasteiger partial charge in [-0.3, -0.25) is 4.40 Å². The summed E-state index contributed by atoms with van der Waals surface area (Å²) in [6, 6.07) is 4.75. The number of sulfone groups is 1. The molecule has 3 aromatic rings. The normalized spacial score (nSPS) is 12.1. The van der Waals surface area contributed by atoms with Crippen LogP contribution in [-0.4, -0.2) is 17.8 Å². The van der Waals surface area contributed by atoms with Gasteiger partial charge in [0.2, 0.25) is 0 Å². The number of hydrogen-bond donors (Lipinski definition) is 1. The van der Waals surface area contributed by atoms with Crippen LogP contribution >= 0.6 is 27.3 Å². The highest BCUT2D eigenvalue weighted by Gasteiger charge is 2.20. The molecule has 3 rings (SSSR count). The number of nitrogens with zero attached hydrogens (tertiary/aromatic N) is 2. The maximum atomic E-state index is 12.4. The predicted octanol–water partition coefficient (Wildman–Crippen LogP) is 2.71. The summed E-state index contributed by atoms with van der Waals surface area (Å²) in [7, 11) is -3.50. The van der Waals surface area contributed by atoms with Crippen LogP contribution in [0.1, 0.15) is 5.69 Å². The number of imidazole rings is 1. The van der Waals surface area contributed by atoms with Gasteiger partial charge in [-0.05, 0) is 18.2 Å². The number of thiazole rings is 1. The molecule has 0 bridgehead atoms. The molecule has 104 valence electrons. The quantitative estimate of drug-likeness (QED) is 0.718. The van der Waals surface area contributed by atoms with Crippen molar-refractivity contribution in [3.05, 3.63) is 46.1 Å². The molecule has 8 heteroatoms. The Morgan fingerprint density at radius 3 is 2.90 bits per heavy atom. The molecule has 1 aromatic carbocycles. The Hall–Kier alpha value is -1.38. The monoisotopic (exact) mass is 371 g/mol. The molecule has 2 N–H and O–H groups in total. The number of nitrogen functional groups attached to an aromatic ring is 1. The first-order valence-corrected chi connectivity index (χ1v) is 8.97. The third-order valence-corrected chi connectivity index (χ3v) is 5.77. The molecule has 0 fully saturated rings. The zero-order valence-electron chi connectivity index (χ0n) is 10.2. The van der Waals surface area contributed by atoms with Gasteiger partial charge in [0.1, 0.15) is 0 Å². The van der Waals surface area contributed by atoms with Crippen molar-refractivity contribution in [3.63, 3.8) is 0 Å². The first-order chi connectivity index (χ1) is 9.45. The molecule has 2 aromatic heterocycles. The number of hydrogen-bond acceptors (Lipinski definition) is 5. The number of benzene rings is 1. The van der Waals surface area contributed by atoms with Gasteiger partial charge in [0, 0.05) is 22.2 Å². The van der Waals surface area contributed by atoms with Crippen LogP contribution in [0.25, 0.3) is 4.96 Å². The van der Waals surface area contributed by atoms with Crippen LogP contribution in [0, 0.1) is 0 Å². The van der Waals surface area contributed by atoms with E-state index in [4.69, 9.17) is 5.73 Å². The van der Waals surface area contributed by atoms with Gasteiger partial charge in [0.05, 0.1) is 22.0 Å². The van der Waals surface area contributed by atoms with Crippen LogP contribution in [0.4, 0.5) is 5.69 Å². The molecule has 20 heavy (non-hydrogen) atoms. The number of aromatic nitrogens is 2. The van der Waals surface area contributed by atoms with Gasteiger partial charge in [0.25, 0.3) is 0 Å². The summed E-state index contributed by atoms with van der Waals surface area (Å²) < 4.78 is 27.3. The minimum Gasteiger partial charge on any atom is -0.398 e. The van der Waals surface area contributed by atoms with E-state index in [1.807, 2.05) is 11.6 Å². The number of nitrogens with two attached hydrogens (primary N) is 1. The van der Waals surface area contributed by atoms with Crippen molar-refractivity contribution < 1.29 is 8.42 Å². The highest BCUT2D eigenvalue weighted by atomic mass is 79.9. The summed E-state index contributed by atoms with van der Waals surface area (Å²) in [6.07, 6.45) is 3.57. The van der Waals surface area contributed by atoms with Gasteiger partial charge in [-0.25, -0.2) is 13.4 Å². The molecular formula is C12H10BrN3O2S2. The lowest BCUT2D eigenvalue weighted by atomic mass is 10.3. The molecule has 0 saturated carbocycles. The Balaban J connectivity index is 1.97. The molecular weight excluding hydrogens is 362 g/mol. The minimum atomic E-state index is -3.50. The van der Waals surface area contributed by atoms with Crippen molar-refractivity contribution in [1.82, 2.24) is 9.38 Å². The molecule has 5 nitrogen and oxygen atoms in total. The average molecular weight is 372 g/mol. The van der Waals surface area contributed by atoms with E-state index in [0.717, 1.165) is 9.43 Å². The van der Waals surface area contributed by atoms with Crippen molar-refractivity contribution in [1.29, 1.82) is 0 Å². The van der Waals surface area contributed by atoms with Gasteiger partial charge in [-0.2, -0.15) is 0 Å². The lowest BCUT2D eigenvalue weighted by Gasteiger charge is -2.06. The molecule has 0 unspecified atom stereocenters. The average Bonchev–Trinajstić information content (AvgIpc) is 2.87. The highest BCUT2D eigenvalue weighted by molar-refractivity contribution is 9.10. The van der Waals surface area contributed by atoms with E-state index < -0.39 is 9.84 Å². The number of rotatable bonds is 3. The summed E-state index contributed by atoms with van der Waals surface area (Å²) in [5, 5.41) is 1.90. The SMILES string of the molecule is Nc1cc(Br)ccc1S(=O)(=O)Cc1cn2ccsc2n1. The van der Waals surface area contributed by atoms with Gasteiger partial charge < -0.3 is 5.73 Å². The van der Waals surface area contributed by atoms with Crippen molar-refractivity contribution in [3.8, 4) is 0 Å². The second-order valence-corrected chi connectivity index (χ2v) is 8.01. The second-order valence-electron chi connectivity index (χ2n) is 4.27. The number of halogens is 1. The summed E-state index contributed by atoms with van der Waals surface area (Å²) in [5.74, 6) is -0.159. The van der Waals surface area contributed by atoms with Crippen LogP contribution in [0.5, 0.6) is 0 Å². The summed E-state index contributed by atoms with van der Waals surface area (Å²) in [6.45, 7) is 0. The van der Waals surface area contributed by atoms with Gasteiger partial charge >= 0.3 is 0 Å². The van der Waals surface area contributed by atoms with Crippen LogP contribution in [-0.2, 0) is 15.6 Å².